The van der Waals surface area contributed by atoms with Crippen molar-refractivity contribution in [3.63, 3.8) is 0 Å². The molecule has 0 unspecified atom stereocenters. The number of oxazole rings is 1. The van der Waals surface area contributed by atoms with Gasteiger partial charge in [-0.25, -0.2) is 4.98 Å². The fourth-order valence-corrected chi connectivity index (χ4v) is 2.82. The number of aromatic nitrogens is 1. The van der Waals surface area contributed by atoms with Crippen LogP contribution < -0.4 is 5.32 Å². The van der Waals surface area contributed by atoms with Gasteiger partial charge in [0.15, 0.2) is 5.89 Å². The molecule has 2 rings (SSSR count). The van der Waals surface area contributed by atoms with Crippen LogP contribution in [0.15, 0.2) is 4.42 Å². The number of amides is 1. The summed E-state index contributed by atoms with van der Waals surface area (Å²) in [5.41, 5.74) is 0.979. The van der Waals surface area contributed by atoms with Gasteiger partial charge in [-0.3, -0.25) is 4.79 Å². The Hall–Kier alpha value is -0.840. The zero-order valence-corrected chi connectivity index (χ0v) is 11.8. The quantitative estimate of drug-likeness (QED) is 0.851. The van der Waals surface area contributed by atoms with E-state index in [1.54, 1.807) is 13.8 Å². The van der Waals surface area contributed by atoms with Gasteiger partial charge in [0, 0.05) is 18.8 Å². The molecule has 0 saturated heterocycles. The highest BCUT2D eigenvalue weighted by Gasteiger charge is 2.41. The van der Waals surface area contributed by atoms with Crippen molar-refractivity contribution in [2.24, 2.45) is 5.41 Å². The molecular formula is C12H17BrN2O2. The third-order valence-electron chi connectivity index (χ3n) is 3.32. The predicted molar refractivity (Wildman–Crippen MR) is 68.4 cm³/mol. The second kappa shape index (κ2) is 4.80. The number of carbonyl (C=O) groups excluding carboxylic acids is 1. The van der Waals surface area contributed by atoms with Crippen LogP contribution in [0.2, 0.25) is 0 Å². The zero-order valence-electron chi connectivity index (χ0n) is 10.2. The lowest BCUT2D eigenvalue weighted by Crippen LogP contribution is -2.30. The number of hydrogen-bond acceptors (Lipinski definition) is 3. The molecule has 1 heterocycles. The van der Waals surface area contributed by atoms with E-state index >= 15 is 0 Å². The summed E-state index contributed by atoms with van der Waals surface area (Å²) in [6.07, 6.45) is 3.52. The van der Waals surface area contributed by atoms with Crippen LogP contribution in [0.1, 0.15) is 41.4 Å². The van der Waals surface area contributed by atoms with Gasteiger partial charge < -0.3 is 9.73 Å². The second-order valence-electron chi connectivity index (χ2n) is 4.77. The molecule has 1 aliphatic carbocycles. The van der Waals surface area contributed by atoms with Crippen LogP contribution in [0.3, 0.4) is 0 Å². The Balaban J connectivity index is 1.92. The summed E-state index contributed by atoms with van der Waals surface area (Å²) in [6, 6.07) is 0. The summed E-state index contributed by atoms with van der Waals surface area (Å²) in [7, 11) is 0. The molecule has 5 heteroatoms. The van der Waals surface area contributed by atoms with E-state index in [0.717, 1.165) is 18.3 Å². The number of alkyl halides is 1. The Morgan fingerprint density at radius 3 is 2.71 bits per heavy atom. The summed E-state index contributed by atoms with van der Waals surface area (Å²) in [5, 5.41) is 3.94. The average Bonchev–Trinajstić information content (AvgIpc) is 2.95. The van der Waals surface area contributed by atoms with Gasteiger partial charge in [-0.2, -0.15) is 0 Å². The van der Waals surface area contributed by atoms with Gasteiger partial charge in [0.2, 0.25) is 5.76 Å². The molecule has 1 fully saturated rings. The fraction of sp³-hybridized carbons (Fsp3) is 0.667. The van der Waals surface area contributed by atoms with Crippen LogP contribution in [0, 0.1) is 19.3 Å². The molecule has 1 aromatic rings. The maximum absolute atomic E-state index is 11.9. The van der Waals surface area contributed by atoms with E-state index in [0.29, 0.717) is 22.8 Å². The van der Waals surface area contributed by atoms with Crippen LogP contribution in [0.25, 0.3) is 0 Å². The van der Waals surface area contributed by atoms with Crippen LogP contribution in [0.4, 0.5) is 0 Å². The van der Waals surface area contributed by atoms with E-state index in [-0.39, 0.29) is 5.91 Å². The molecule has 1 aromatic heterocycles. The van der Waals surface area contributed by atoms with Crippen LogP contribution in [-0.4, -0.2) is 22.8 Å². The van der Waals surface area contributed by atoms with Gasteiger partial charge in [-0.15, -0.1) is 0 Å². The maximum Gasteiger partial charge on any atom is 0.289 e. The lowest BCUT2D eigenvalue weighted by atomic mass is 10.0. The van der Waals surface area contributed by atoms with E-state index < -0.39 is 0 Å². The monoisotopic (exact) mass is 300 g/mol. The molecular weight excluding hydrogens is 284 g/mol. The minimum atomic E-state index is -0.149. The first-order valence-electron chi connectivity index (χ1n) is 5.84. The SMILES string of the molecule is Cc1nc(C)c(C(=O)NCC2(CCBr)CC2)o1. The molecule has 1 amide bonds. The Kier molecular flexibility index (Phi) is 3.56. The maximum atomic E-state index is 11.9. The van der Waals surface area contributed by atoms with Crippen molar-refractivity contribution in [2.45, 2.75) is 33.1 Å². The smallest absolute Gasteiger partial charge is 0.289 e. The molecule has 1 N–H and O–H groups in total. The van der Waals surface area contributed by atoms with Crippen molar-refractivity contribution in [2.75, 3.05) is 11.9 Å². The number of hydrogen-bond donors (Lipinski definition) is 1. The lowest BCUT2D eigenvalue weighted by Gasteiger charge is -2.13. The molecule has 0 radical (unpaired) electrons. The minimum Gasteiger partial charge on any atom is -0.436 e. The van der Waals surface area contributed by atoms with E-state index in [4.69, 9.17) is 4.42 Å². The van der Waals surface area contributed by atoms with Crippen molar-refractivity contribution >= 4 is 21.8 Å². The molecule has 0 aromatic carbocycles. The molecule has 0 spiro atoms. The molecule has 94 valence electrons. The van der Waals surface area contributed by atoms with E-state index in [9.17, 15) is 4.79 Å². The van der Waals surface area contributed by atoms with Crippen molar-refractivity contribution in [1.82, 2.24) is 10.3 Å². The van der Waals surface area contributed by atoms with Gasteiger partial charge in [-0.05, 0) is 31.6 Å². The highest BCUT2D eigenvalue weighted by atomic mass is 79.9. The molecule has 0 aliphatic heterocycles. The Morgan fingerprint density at radius 2 is 2.24 bits per heavy atom. The first-order valence-corrected chi connectivity index (χ1v) is 6.97. The zero-order chi connectivity index (χ0) is 12.5. The van der Waals surface area contributed by atoms with Gasteiger partial charge in [0.1, 0.15) is 0 Å². The Bertz CT molecular complexity index is 424. The van der Waals surface area contributed by atoms with Gasteiger partial charge in [0.05, 0.1) is 5.69 Å². The van der Waals surface area contributed by atoms with Gasteiger partial charge in [0.25, 0.3) is 5.91 Å². The van der Waals surface area contributed by atoms with Gasteiger partial charge >= 0.3 is 0 Å². The van der Waals surface area contributed by atoms with Crippen LogP contribution in [0.5, 0.6) is 0 Å². The number of nitrogens with zero attached hydrogens (tertiary/aromatic N) is 1. The van der Waals surface area contributed by atoms with Crippen LogP contribution in [-0.2, 0) is 0 Å². The minimum absolute atomic E-state index is 0.149. The van der Waals surface area contributed by atoms with Crippen LogP contribution >= 0.6 is 15.9 Å². The fourth-order valence-electron chi connectivity index (χ4n) is 1.98. The lowest BCUT2D eigenvalue weighted by molar-refractivity contribution is 0.0914. The van der Waals surface area contributed by atoms with Crippen molar-refractivity contribution in [3.05, 3.63) is 17.3 Å². The Labute approximate surface area is 109 Å². The third kappa shape index (κ3) is 2.89. The first-order chi connectivity index (χ1) is 8.06. The summed E-state index contributed by atoms with van der Waals surface area (Å²) < 4.78 is 5.29. The molecule has 0 atom stereocenters. The van der Waals surface area contributed by atoms with Crippen molar-refractivity contribution in [1.29, 1.82) is 0 Å². The highest BCUT2D eigenvalue weighted by Crippen LogP contribution is 2.48. The van der Waals surface area contributed by atoms with E-state index in [1.165, 1.54) is 12.8 Å². The summed E-state index contributed by atoms with van der Waals surface area (Å²) in [6.45, 7) is 4.27. The number of nitrogens with one attached hydrogen (secondary N) is 1. The number of rotatable bonds is 5. The number of aryl methyl sites for hydroxylation is 2. The van der Waals surface area contributed by atoms with Crippen molar-refractivity contribution < 1.29 is 9.21 Å². The normalized spacial score (nSPS) is 16.9. The first kappa shape index (κ1) is 12.6. The predicted octanol–water partition coefficient (Wildman–Crippen LogP) is 2.59. The molecule has 0 bridgehead atoms. The van der Waals surface area contributed by atoms with E-state index in [1.807, 2.05) is 0 Å². The summed E-state index contributed by atoms with van der Waals surface area (Å²) >= 11 is 3.45. The van der Waals surface area contributed by atoms with Crippen molar-refractivity contribution in [3.8, 4) is 0 Å². The number of halogens is 1. The van der Waals surface area contributed by atoms with E-state index in [2.05, 4.69) is 26.2 Å². The Morgan fingerprint density at radius 1 is 1.53 bits per heavy atom. The molecule has 4 nitrogen and oxygen atoms in total. The summed E-state index contributed by atoms with van der Waals surface area (Å²) in [4.78, 5) is 16.0. The average molecular weight is 301 g/mol. The highest BCUT2D eigenvalue weighted by molar-refractivity contribution is 9.09. The summed E-state index contributed by atoms with van der Waals surface area (Å²) in [5.74, 6) is 0.732. The second-order valence-corrected chi connectivity index (χ2v) is 5.56. The third-order valence-corrected chi connectivity index (χ3v) is 3.71. The standard InChI is InChI=1S/C12H17BrN2O2/c1-8-10(17-9(2)15-8)11(16)14-7-12(3-4-12)5-6-13/h3-7H2,1-2H3,(H,14,16). The van der Waals surface area contributed by atoms with Gasteiger partial charge in [-0.1, -0.05) is 15.9 Å². The molecule has 1 saturated carbocycles. The molecule has 17 heavy (non-hydrogen) atoms. The topological polar surface area (TPSA) is 55.1 Å². The largest absolute Gasteiger partial charge is 0.436 e. The number of carbonyl (C=O) groups is 1. The molecule has 1 aliphatic rings.